The predicted molar refractivity (Wildman–Crippen MR) is 34.8 cm³/mol. The molecule has 0 spiro atoms. The molecule has 0 saturated carbocycles. The Morgan fingerprint density at radius 3 is 3.00 bits per heavy atom. The fraction of sp³-hybridized carbons (Fsp3) is 0.833. The molecule has 0 unspecified atom stereocenters. The first kappa shape index (κ1) is 6.55. The third-order valence-corrected chi connectivity index (χ3v) is 1.60. The molecule has 1 rings (SSSR count). The van der Waals surface area contributed by atoms with Crippen molar-refractivity contribution >= 4 is 5.91 Å². The van der Waals surface area contributed by atoms with Gasteiger partial charge in [-0.25, -0.2) is 0 Å². The van der Waals surface area contributed by atoms with E-state index >= 15 is 0 Å². The molecule has 1 fully saturated rings. The van der Waals surface area contributed by atoms with Gasteiger partial charge in [-0.1, -0.05) is 0 Å². The fourth-order valence-electron chi connectivity index (χ4n) is 1.10. The van der Waals surface area contributed by atoms with Crippen molar-refractivity contribution in [3.05, 3.63) is 0 Å². The zero-order chi connectivity index (χ0) is 6.69. The van der Waals surface area contributed by atoms with E-state index in [-0.39, 0.29) is 5.91 Å². The summed E-state index contributed by atoms with van der Waals surface area (Å²) in [5.41, 5.74) is 5.30. The van der Waals surface area contributed by atoms with Crippen molar-refractivity contribution in [3.63, 3.8) is 0 Å². The van der Waals surface area contributed by atoms with Gasteiger partial charge in [0.1, 0.15) is 0 Å². The van der Waals surface area contributed by atoms with E-state index in [2.05, 4.69) is 5.32 Å². The number of carbonyl (C=O) groups is 1. The molecule has 0 aromatic heterocycles. The van der Waals surface area contributed by atoms with Crippen LogP contribution in [0.4, 0.5) is 0 Å². The minimum Gasteiger partial charge on any atom is -0.353 e. The van der Waals surface area contributed by atoms with Crippen molar-refractivity contribution in [1.82, 2.24) is 5.32 Å². The standard InChI is InChI=1S/C6H12N2O/c7-4-3-5-1-2-6(9)8-5/h5H,1-4,7H2,(H,8,9)/t5-/m0/s1. The fourth-order valence-corrected chi connectivity index (χ4v) is 1.10. The third kappa shape index (κ3) is 1.68. The van der Waals surface area contributed by atoms with Crippen LogP contribution in [0.3, 0.4) is 0 Å². The van der Waals surface area contributed by atoms with E-state index in [1.165, 1.54) is 0 Å². The smallest absolute Gasteiger partial charge is 0.220 e. The van der Waals surface area contributed by atoms with Crippen LogP contribution < -0.4 is 11.1 Å². The highest BCUT2D eigenvalue weighted by atomic mass is 16.1. The van der Waals surface area contributed by atoms with Gasteiger partial charge in [0.15, 0.2) is 0 Å². The summed E-state index contributed by atoms with van der Waals surface area (Å²) in [6, 6.07) is 0.363. The minimum atomic E-state index is 0.174. The monoisotopic (exact) mass is 128 g/mol. The average Bonchev–Trinajstić information content (AvgIpc) is 2.17. The number of nitrogens with two attached hydrogens (primary N) is 1. The summed E-state index contributed by atoms with van der Waals surface area (Å²) in [5.74, 6) is 0.174. The van der Waals surface area contributed by atoms with E-state index in [4.69, 9.17) is 5.73 Å². The van der Waals surface area contributed by atoms with Crippen molar-refractivity contribution in [2.75, 3.05) is 6.54 Å². The minimum absolute atomic E-state index is 0.174. The molecule has 0 aliphatic carbocycles. The number of hydrogen-bond acceptors (Lipinski definition) is 2. The van der Waals surface area contributed by atoms with Crippen LogP contribution in [0.1, 0.15) is 19.3 Å². The molecule has 1 aliphatic rings. The molecule has 1 atom stereocenters. The second kappa shape index (κ2) is 2.82. The summed E-state index contributed by atoms with van der Waals surface area (Å²) < 4.78 is 0. The predicted octanol–water partition coefficient (Wildman–Crippen LogP) is -0.386. The Labute approximate surface area is 54.6 Å². The molecule has 1 amide bonds. The molecule has 3 N–H and O–H groups in total. The lowest BCUT2D eigenvalue weighted by atomic mass is 10.2. The van der Waals surface area contributed by atoms with Crippen molar-refractivity contribution in [1.29, 1.82) is 0 Å². The summed E-state index contributed by atoms with van der Waals surface area (Å²) in [5, 5.41) is 2.84. The van der Waals surface area contributed by atoms with Crippen LogP contribution in [0.2, 0.25) is 0 Å². The normalized spacial score (nSPS) is 26.3. The van der Waals surface area contributed by atoms with Gasteiger partial charge in [0.2, 0.25) is 5.91 Å². The quantitative estimate of drug-likeness (QED) is 0.532. The van der Waals surface area contributed by atoms with Gasteiger partial charge in [-0.2, -0.15) is 0 Å². The van der Waals surface area contributed by atoms with Crippen molar-refractivity contribution in [3.8, 4) is 0 Å². The number of amides is 1. The zero-order valence-electron chi connectivity index (χ0n) is 5.39. The Kier molecular flexibility index (Phi) is 2.05. The van der Waals surface area contributed by atoms with E-state index < -0.39 is 0 Å². The summed E-state index contributed by atoms with van der Waals surface area (Å²) in [7, 11) is 0. The van der Waals surface area contributed by atoms with Gasteiger partial charge in [-0.15, -0.1) is 0 Å². The molecule has 1 saturated heterocycles. The highest BCUT2D eigenvalue weighted by Gasteiger charge is 2.18. The molecule has 0 aromatic rings. The Morgan fingerprint density at radius 1 is 1.78 bits per heavy atom. The molecule has 1 aliphatic heterocycles. The van der Waals surface area contributed by atoms with E-state index in [9.17, 15) is 4.79 Å². The summed E-state index contributed by atoms with van der Waals surface area (Å²) in [4.78, 5) is 10.6. The lowest BCUT2D eigenvalue weighted by Crippen LogP contribution is -2.27. The highest BCUT2D eigenvalue weighted by Crippen LogP contribution is 2.08. The highest BCUT2D eigenvalue weighted by molar-refractivity contribution is 5.78. The van der Waals surface area contributed by atoms with Gasteiger partial charge in [0.05, 0.1) is 0 Å². The third-order valence-electron chi connectivity index (χ3n) is 1.60. The average molecular weight is 128 g/mol. The van der Waals surface area contributed by atoms with E-state index in [0.717, 1.165) is 12.8 Å². The topological polar surface area (TPSA) is 55.1 Å². The Hall–Kier alpha value is -0.570. The van der Waals surface area contributed by atoms with Gasteiger partial charge in [0.25, 0.3) is 0 Å². The van der Waals surface area contributed by atoms with Gasteiger partial charge in [-0.05, 0) is 19.4 Å². The van der Waals surface area contributed by atoms with Crippen molar-refractivity contribution < 1.29 is 4.79 Å². The van der Waals surface area contributed by atoms with Gasteiger partial charge >= 0.3 is 0 Å². The largest absolute Gasteiger partial charge is 0.353 e. The van der Waals surface area contributed by atoms with Gasteiger partial charge in [0, 0.05) is 12.5 Å². The van der Waals surface area contributed by atoms with E-state index in [0.29, 0.717) is 19.0 Å². The summed E-state index contributed by atoms with van der Waals surface area (Å²) in [6.45, 7) is 0.672. The number of hydrogen-bond donors (Lipinski definition) is 2. The first-order valence-corrected chi connectivity index (χ1v) is 3.32. The molecule has 3 heteroatoms. The summed E-state index contributed by atoms with van der Waals surface area (Å²) >= 11 is 0. The van der Waals surface area contributed by atoms with E-state index in [1.807, 2.05) is 0 Å². The first-order chi connectivity index (χ1) is 4.33. The molecule has 0 radical (unpaired) electrons. The zero-order valence-corrected chi connectivity index (χ0v) is 5.39. The van der Waals surface area contributed by atoms with Crippen LogP contribution in [-0.2, 0) is 4.79 Å². The van der Waals surface area contributed by atoms with Gasteiger partial charge < -0.3 is 11.1 Å². The van der Waals surface area contributed by atoms with Crippen LogP contribution in [0.5, 0.6) is 0 Å². The lowest BCUT2D eigenvalue weighted by molar-refractivity contribution is -0.119. The molecule has 0 aromatic carbocycles. The molecular weight excluding hydrogens is 116 g/mol. The molecular formula is C6H12N2O. The molecule has 52 valence electrons. The second-order valence-electron chi connectivity index (χ2n) is 2.38. The summed E-state index contributed by atoms with van der Waals surface area (Å²) in [6.07, 6.45) is 2.58. The van der Waals surface area contributed by atoms with Crippen LogP contribution in [0, 0.1) is 0 Å². The number of carbonyl (C=O) groups excluding carboxylic acids is 1. The van der Waals surface area contributed by atoms with Crippen LogP contribution in [-0.4, -0.2) is 18.5 Å². The van der Waals surface area contributed by atoms with Crippen molar-refractivity contribution in [2.24, 2.45) is 5.73 Å². The molecule has 0 bridgehead atoms. The maximum atomic E-state index is 10.6. The maximum absolute atomic E-state index is 10.6. The van der Waals surface area contributed by atoms with Crippen LogP contribution in [0.25, 0.3) is 0 Å². The molecule has 9 heavy (non-hydrogen) atoms. The van der Waals surface area contributed by atoms with Crippen LogP contribution >= 0.6 is 0 Å². The number of nitrogens with one attached hydrogen (secondary N) is 1. The Morgan fingerprint density at radius 2 is 2.56 bits per heavy atom. The SMILES string of the molecule is NCC[C@@H]1CCC(=O)N1. The van der Waals surface area contributed by atoms with E-state index in [1.54, 1.807) is 0 Å². The Balaban J connectivity index is 2.22. The van der Waals surface area contributed by atoms with Crippen LogP contribution in [0.15, 0.2) is 0 Å². The first-order valence-electron chi connectivity index (χ1n) is 3.32. The van der Waals surface area contributed by atoms with Gasteiger partial charge in [-0.3, -0.25) is 4.79 Å². The van der Waals surface area contributed by atoms with Crippen molar-refractivity contribution in [2.45, 2.75) is 25.3 Å². The Bertz CT molecular complexity index is 114. The molecule has 1 heterocycles. The lowest BCUT2D eigenvalue weighted by Gasteiger charge is -2.05. The molecule has 3 nitrogen and oxygen atoms in total. The second-order valence-corrected chi connectivity index (χ2v) is 2.38. The number of rotatable bonds is 2. The maximum Gasteiger partial charge on any atom is 0.220 e.